The van der Waals surface area contributed by atoms with Gasteiger partial charge in [-0.3, -0.25) is 9.59 Å². The summed E-state index contributed by atoms with van der Waals surface area (Å²) in [6, 6.07) is 9.41. The minimum absolute atomic E-state index is 0.0599. The van der Waals surface area contributed by atoms with Crippen LogP contribution in [-0.4, -0.2) is 68.5 Å². The molecule has 194 valence electrons. The Morgan fingerprint density at radius 3 is 2.37 bits per heavy atom. The average Bonchev–Trinajstić information content (AvgIpc) is 3.05. The first-order chi connectivity index (χ1) is 16.6. The van der Waals surface area contributed by atoms with Crippen molar-refractivity contribution in [2.24, 2.45) is 0 Å². The number of amides is 2. The largest absolute Gasteiger partial charge is 0.481 e. The second-order valence-electron chi connectivity index (χ2n) is 10.5. The summed E-state index contributed by atoms with van der Waals surface area (Å²) in [6.45, 7) is 8.60. The Hall–Kier alpha value is -1.94. The van der Waals surface area contributed by atoms with Gasteiger partial charge in [0.25, 0.3) is 0 Å². The van der Waals surface area contributed by atoms with E-state index in [-0.39, 0.29) is 24.4 Å². The van der Waals surface area contributed by atoms with Crippen LogP contribution in [0.5, 0.6) is 0 Å². The van der Waals surface area contributed by atoms with Gasteiger partial charge in [-0.2, -0.15) is 0 Å². The van der Waals surface area contributed by atoms with E-state index in [4.69, 9.17) is 18.8 Å². The highest BCUT2D eigenvalue weighted by molar-refractivity contribution is 6.48. The molecule has 2 heterocycles. The van der Waals surface area contributed by atoms with Crippen LogP contribution in [0.1, 0.15) is 65.4 Å². The zero-order valence-electron chi connectivity index (χ0n) is 21.8. The van der Waals surface area contributed by atoms with E-state index in [1.165, 1.54) is 12.7 Å². The number of nitrogens with one attached hydrogen (secondary N) is 2. The number of aryl methyl sites for hydroxylation is 1. The highest BCUT2D eigenvalue weighted by Gasteiger charge is 2.54. The van der Waals surface area contributed by atoms with Crippen LogP contribution in [0.15, 0.2) is 30.3 Å². The predicted molar refractivity (Wildman–Crippen MR) is 135 cm³/mol. The van der Waals surface area contributed by atoms with Crippen LogP contribution in [-0.2, 0) is 34.8 Å². The lowest BCUT2D eigenvalue weighted by molar-refractivity contribution is -0.139. The third-order valence-corrected chi connectivity index (χ3v) is 7.19. The van der Waals surface area contributed by atoms with E-state index in [9.17, 15) is 9.59 Å². The molecular formula is C26H41BN2O6. The Labute approximate surface area is 209 Å². The minimum Gasteiger partial charge on any atom is -0.402 e. The molecule has 2 N–H and O–H groups in total. The van der Waals surface area contributed by atoms with Gasteiger partial charge in [0.2, 0.25) is 11.8 Å². The fourth-order valence-corrected chi connectivity index (χ4v) is 4.35. The Balaban J connectivity index is 1.67. The van der Waals surface area contributed by atoms with Crippen molar-refractivity contribution in [2.45, 2.75) is 95.5 Å². The zero-order valence-corrected chi connectivity index (χ0v) is 21.8. The molecule has 9 heteroatoms. The van der Waals surface area contributed by atoms with Gasteiger partial charge in [0, 0.05) is 13.7 Å². The fourth-order valence-electron chi connectivity index (χ4n) is 4.35. The molecule has 0 aromatic heterocycles. The van der Waals surface area contributed by atoms with E-state index in [2.05, 4.69) is 22.8 Å². The van der Waals surface area contributed by atoms with Crippen LogP contribution >= 0.6 is 0 Å². The van der Waals surface area contributed by atoms with Gasteiger partial charge in [0.1, 0.15) is 12.1 Å². The summed E-state index contributed by atoms with van der Waals surface area (Å²) in [5.41, 5.74) is 0.209. The monoisotopic (exact) mass is 488 g/mol. The Morgan fingerprint density at radius 1 is 1.09 bits per heavy atom. The van der Waals surface area contributed by atoms with Crippen molar-refractivity contribution in [3.63, 3.8) is 0 Å². The number of carbonyl (C=O) groups excluding carboxylic acids is 2. The molecule has 0 saturated carbocycles. The summed E-state index contributed by atoms with van der Waals surface area (Å²) in [6.07, 6.45) is 4.40. The molecule has 0 spiro atoms. The zero-order chi connectivity index (χ0) is 25.5. The maximum Gasteiger partial charge on any atom is 0.481 e. The lowest BCUT2D eigenvalue weighted by atomic mass is 9.75. The van der Waals surface area contributed by atoms with Crippen molar-refractivity contribution in [2.75, 3.05) is 20.3 Å². The summed E-state index contributed by atoms with van der Waals surface area (Å²) >= 11 is 0. The Kier molecular flexibility index (Phi) is 9.75. The van der Waals surface area contributed by atoms with Crippen molar-refractivity contribution >= 4 is 18.9 Å². The molecule has 0 unspecified atom stereocenters. The lowest BCUT2D eigenvalue weighted by Crippen LogP contribution is -2.57. The fraction of sp³-hybridized carbons (Fsp3) is 0.692. The maximum absolute atomic E-state index is 13.3. The number of rotatable bonds is 11. The number of methoxy groups -OCH3 is 1. The van der Waals surface area contributed by atoms with Crippen LogP contribution in [0.2, 0.25) is 0 Å². The number of hydrogen-bond acceptors (Lipinski definition) is 6. The summed E-state index contributed by atoms with van der Waals surface area (Å²) in [7, 11) is 0.912. The smallest absolute Gasteiger partial charge is 0.402 e. The molecule has 2 fully saturated rings. The third-order valence-electron chi connectivity index (χ3n) is 7.19. The van der Waals surface area contributed by atoms with Gasteiger partial charge in [-0.05, 0) is 71.8 Å². The molecule has 2 amide bonds. The summed E-state index contributed by atoms with van der Waals surface area (Å²) in [5.74, 6) is -0.983. The van der Waals surface area contributed by atoms with Crippen LogP contribution in [0.3, 0.4) is 0 Å². The first-order valence-corrected chi connectivity index (χ1v) is 12.7. The summed E-state index contributed by atoms with van der Waals surface area (Å²) in [5, 5.41) is 5.90. The highest BCUT2D eigenvalue weighted by Crippen LogP contribution is 2.38. The molecule has 2 aliphatic heterocycles. The quantitative estimate of drug-likeness (QED) is 0.466. The average molecular weight is 488 g/mol. The van der Waals surface area contributed by atoms with Gasteiger partial charge in [0.15, 0.2) is 0 Å². The molecule has 2 aliphatic rings. The van der Waals surface area contributed by atoms with Crippen molar-refractivity contribution < 1.29 is 28.4 Å². The van der Waals surface area contributed by atoms with Crippen molar-refractivity contribution in [1.29, 1.82) is 0 Å². The number of carbonyl (C=O) groups is 2. The van der Waals surface area contributed by atoms with Crippen LogP contribution < -0.4 is 10.6 Å². The minimum atomic E-state index is -0.836. The van der Waals surface area contributed by atoms with Gasteiger partial charge in [-0.15, -0.1) is 0 Å². The van der Waals surface area contributed by atoms with Crippen LogP contribution in [0.25, 0.3) is 0 Å². The highest BCUT2D eigenvalue weighted by atomic mass is 16.7. The molecule has 3 rings (SSSR count). The molecule has 1 aromatic carbocycles. The van der Waals surface area contributed by atoms with Gasteiger partial charge in [-0.1, -0.05) is 30.3 Å². The maximum atomic E-state index is 13.3. The first kappa shape index (κ1) is 27.6. The normalized spacial score (nSPS) is 22.9. The van der Waals surface area contributed by atoms with Crippen LogP contribution in [0, 0.1) is 0 Å². The first-order valence-electron chi connectivity index (χ1n) is 12.7. The number of hydrogen-bond donors (Lipinski definition) is 2. The van der Waals surface area contributed by atoms with Gasteiger partial charge in [0.05, 0.1) is 23.8 Å². The van der Waals surface area contributed by atoms with Crippen molar-refractivity contribution in [3.8, 4) is 0 Å². The van der Waals surface area contributed by atoms with E-state index >= 15 is 0 Å². The van der Waals surface area contributed by atoms with E-state index in [1.807, 2.05) is 45.9 Å². The molecule has 2 saturated heterocycles. The number of benzene rings is 1. The Morgan fingerprint density at radius 2 is 1.77 bits per heavy atom. The van der Waals surface area contributed by atoms with E-state index < -0.39 is 30.5 Å². The van der Waals surface area contributed by atoms with Gasteiger partial charge >= 0.3 is 7.12 Å². The molecular weight excluding hydrogens is 447 g/mol. The Bertz CT molecular complexity index is 812. The predicted octanol–water partition coefficient (Wildman–Crippen LogP) is 2.83. The van der Waals surface area contributed by atoms with Crippen molar-refractivity contribution in [1.82, 2.24) is 10.6 Å². The molecule has 0 aliphatic carbocycles. The second kappa shape index (κ2) is 12.3. The van der Waals surface area contributed by atoms with Crippen molar-refractivity contribution in [3.05, 3.63) is 35.9 Å². The number of ether oxygens (including phenoxy) is 2. The van der Waals surface area contributed by atoms with E-state index in [0.717, 1.165) is 25.7 Å². The van der Waals surface area contributed by atoms with Crippen LogP contribution in [0.4, 0.5) is 0 Å². The van der Waals surface area contributed by atoms with Gasteiger partial charge in [-0.25, -0.2) is 0 Å². The molecule has 3 atom stereocenters. The standard InChI is InChI=1S/C26H41BN2O6/c1-25(2)26(3,4)35-27(34-25)22(16-11-14-19-12-7-6-8-13-19)29-23(30)20(18-32-5)28-24(31)21-15-9-10-17-33-21/h6-8,12-13,20-22H,9-11,14-18H2,1-5H3,(H,28,31)(H,29,30)/t20-,21-,22+/m1/s1. The van der Waals surface area contributed by atoms with Gasteiger partial charge < -0.3 is 29.4 Å². The molecule has 0 radical (unpaired) electrons. The lowest BCUT2D eigenvalue weighted by Gasteiger charge is -2.32. The van der Waals surface area contributed by atoms with E-state index in [0.29, 0.717) is 19.4 Å². The summed E-state index contributed by atoms with van der Waals surface area (Å²) < 4.78 is 23.4. The van der Waals surface area contributed by atoms with E-state index in [1.54, 1.807) is 0 Å². The molecule has 1 aromatic rings. The molecule has 8 nitrogen and oxygen atoms in total. The molecule has 35 heavy (non-hydrogen) atoms. The second-order valence-corrected chi connectivity index (χ2v) is 10.5. The SMILES string of the molecule is COC[C@@H](NC(=O)[C@H]1CCCCO1)C(=O)N[C@@H](CCCc1ccccc1)B1OC(C)(C)C(C)(C)O1. The summed E-state index contributed by atoms with van der Waals surface area (Å²) in [4.78, 5) is 26.0. The molecule has 0 bridgehead atoms. The topological polar surface area (TPSA) is 95.1 Å². The third kappa shape index (κ3) is 7.52.